The molecule has 1 aliphatic carbocycles. The van der Waals surface area contributed by atoms with Gasteiger partial charge in [-0.2, -0.15) is 0 Å². The molecule has 16 heavy (non-hydrogen) atoms. The smallest absolute Gasteiger partial charge is 0.220 e. The third-order valence-electron chi connectivity index (χ3n) is 3.27. The molecule has 0 aliphatic heterocycles. The van der Waals surface area contributed by atoms with Gasteiger partial charge >= 0.3 is 0 Å². The molecule has 0 spiro atoms. The van der Waals surface area contributed by atoms with Gasteiger partial charge in [0, 0.05) is 20.1 Å². The third kappa shape index (κ3) is 4.10. The minimum atomic E-state index is -0.345. The number of amides is 1. The quantitative estimate of drug-likeness (QED) is 0.673. The lowest BCUT2D eigenvalue weighted by molar-refractivity contribution is -0.124. The zero-order valence-electron chi connectivity index (χ0n) is 10.1. The highest BCUT2D eigenvalue weighted by atomic mass is 16.5. The van der Waals surface area contributed by atoms with Crippen LogP contribution in [0.3, 0.4) is 0 Å². The molecule has 1 saturated carbocycles. The molecule has 0 aromatic carbocycles. The molecule has 4 nitrogen and oxygen atoms in total. The van der Waals surface area contributed by atoms with Crippen molar-refractivity contribution in [3.8, 4) is 0 Å². The summed E-state index contributed by atoms with van der Waals surface area (Å²) in [5.41, 5.74) is -0.345. The number of rotatable bonds is 6. The Morgan fingerprint density at radius 1 is 1.38 bits per heavy atom. The maximum Gasteiger partial charge on any atom is 0.220 e. The number of hydrogen-bond acceptors (Lipinski definition) is 3. The minimum Gasteiger partial charge on any atom is -0.394 e. The summed E-state index contributed by atoms with van der Waals surface area (Å²) in [6, 6.07) is 0. The number of methoxy groups -OCH3 is 1. The predicted molar refractivity (Wildman–Crippen MR) is 62.2 cm³/mol. The Kier molecular flexibility index (Phi) is 5.77. The standard InChI is InChI=1S/C12H23NO3/c1-16-9-5-6-11(15)13-12(10-14)7-3-2-4-8-12/h14H,2-10H2,1H3,(H,13,15). The summed E-state index contributed by atoms with van der Waals surface area (Å²) in [6.07, 6.45) is 6.43. The van der Waals surface area contributed by atoms with Gasteiger partial charge in [0.2, 0.25) is 5.91 Å². The van der Waals surface area contributed by atoms with Crippen molar-refractivity contribution in [2.45, 2.75) is 50.5 Å². The van der Waals surface area contributed by atoms with Gasteiger partial charge in [-0.1, -0.05) is 19.3 Å². The van der Waals surface area contributed by atoms with Gasteiger partial charge in [0.25, 0.3) is 0 Å². The van der Waals surface area contributed by atoms with E-state index in [1.807, 2.05) is 0 Å². The number of nitrogens with one attached hydrogen (secondary N) is 1. The average molecular weight is 229 g/mol. The van der Waals surface area contributed by atoms with Crippen LogP contribution in [0.15, 0.2) is 0 Å². The molecule has 0 atom stereocenters. The van der Waals surface area contributed by atoms with Gasteiger partial charge in [-0.25, -0.2) is 0 Å². The lowest BCUT2D eigenvalue weighted by Crippen LogP contribution is -2.52. The van der Waals surface area contributed by atoms with Crippen LogP contribution in [0.4, 0.5) is 0 Å². The highest BCUT2D eigenvalue weighted by molar-refractivity contribution is 5.76. The van der Waals surface area contributed by atoms with Gasteiger partial charge in [-0.15, -0.1) is 0 Å². The summed E-state index contributed by atoms with van der Waals surface area (Å²) in [5.74, 6) is 0.0352. The van der Waals surface area contributed by atoms with E-state index in [0.717, 1.165) is 32.1 Å². The maximum atomic E-state index is 11.7. The normalized spacial score (nSPS) is 19.4. The molecule has 1 fully saturated rings. The van der Waals surface area contributed by atoms with Crippen LogP contribution in [-0.4, -0.2) is 36.9 Å². The van der Waals surface area contributed by atoms with Gasteiger partial charge in [0.1, 0.15) is 0 Å². The molecule has 94 valence electrons. The van der Waals surface area contributed by atoms with Gasteiger partial charge in [0.15, 0.2) is 0 Å². The van der Waals surface area contributed by atoms with Crippen molar-refractivity contribution >= 4 is 5.91 Å². The lowest BCUT2D eigenvalue weighted by Gasteiger charge is -2.36. The lowest BCUT2D eigenvalue weighted by atomic mass is 9.82. The summed E-state index contributed by atoms with van der Waals surface area (Å²) in [6.45, 7) is 0.669. The number of carbonyl (C=O) groups is 1. The van der Waals surface area contributed by atoms with E-state index < -0.39 is 0 Å². The second-order valence-electron chi connectivity index (χ2n) is 4.64. The molecule has 2 N–H and O–H groups in total. The number of ether oxygens (including phenoxy) is 1. The number of hydrogen-bond donors (Lipinski definition) is 2. The monoisotopic (exact) mass is 229 g/mol. The predicted octanol–water partition coefficient (Wildman–Crippen LogP) is 1.22. The molecule has 0 saturated heterocycles. The molecule has 1 amide bonds. The Balaban J connectivity index is 2.33. The van der Waals surface area contributed by atoms with Crippen molar-refractivity contribution in [1.29, 1.82) is 0 Å². The first-order chi connectivity index (χ1) is 7.72. The second kappa shape index (κ2) is 6.86. The topological polar surface area (TPSA) is 58.6 Å². The molecule has 0 aromatic rings. The summed E-state index contributed by atoms with van der Waals surface area (Å²) in [7, 11) is 1.63. The minimum absolute atomic E-state index is 0.0352. The SMILES string of the molecule is COCCCC(=O)NC1(CO)CCCCC1. The van der Waals surface area contributed by atoms with Crippen LogP contribution in [0.5, 0.6) is 0 Å². The Labute approximate surface area is 97.4 Å². The Bertz CT molecular complexity index is 212. The number of carbonyl (C=O) groups excluding carboxylic acids is 1. The molecular formula is C12H23NO3. The third-order valence-corrected chi connectivity index (χ3v) is 3.27. The molecule has 1 aliphatic rings. The second-order valence-corrected chi connectivity index (χ2v) is 4.64. The van der Waals surface area contributed by atoms with Crippen LogP contribution in [0.2, 0.25) is 0 Å². The van der Waals surface area contributed by atoms with Crippen molar-refractivity contribution in [1.82, 2.24) is 5.32 Å². The van der Waals surface area contributed by atoms with Crippen LogP contribution < -0.4 is 5.32 Å². The van der Waals surface area contributed by atoms with E-state index in [9.17, 15) is 9.90 Å². The van der Waals surface area contributed by atoms with Crippen LogP contribution >= 0.6 is 0 Å². The molecule has 0 unspecified atom stereocenters. The van der Waals surface area contributed by atoms with E-state index in [-0.39, 0.29) is 18.1 Å². The fourth-order valence-electron chi connectivity index (χ4n) is 2.29. The zero-order valence-corrected chi connectivity index (χ0v) is 10.1. The van der Waals surface area contributed by atoms with Crippen molar-refractivity contribution in [2.24, 2.45) is 0 Å². The molecule has 0 aromatic heterocycles. The summed E-state index contributed by atoms with van der Waals surface area (Å²) in [5, 5.41) is 12.4. The van der Waals surface area contributed by atoms with E-state index >= 15 is 0 Å². The van der Waals surface area contributed by atoms with E-state index in [2.05, 4.69) is 5.32 Å². The van der Waals surface area contributed by atoms with Crippen LogP contribution in [0.1, 0.15) is 44.9 Å². The van der Waals surface area contributed by atoms with E-state index in [0.29, 0.717) is 13.0 Å². The molecular weight excluding hydrogens is 206 g/mol. The van der Waals surface area contributed by atoms with Gasteiger partial charge < -0.3 is 15.2 Å². The Morgan fingerprint density at radius 2 is 2.06 bits per heavy atom. The molecule has 1 rings (SSSR count). The summed E-state index contributed by atoms with van der Waals surface area (Å²) in [4.78, 5) is 11.7. The first-order valence-electron chi connectivity index (χ1n) is 6.13. The molecule has 4 heteroatoms. The summed E-state index contributed by atoms with van der Waals surface area (Å²) < 4.78 is 4.90. The maximum absolute atomic E-state index is 11.7. The van der Waals surface area contributed by atoms with Crippen LogP contribution in [-0.2, 0) is 9.53 Å². The zero-order chi connectivity index (χ0) is 11.9. The van der Waals surface area contributed by atoms with Gasteiger partial charge in [-0.05, 0) is 19.3 Å². The van der Waals surface area contributed by atoms with Crippen LogP contribution in [0, 0.1) is 0 Å². The highest BCUT2D eigenvalue weighted by Crippen LogP contribution is 2.27. The molecule has 0 radical (unpaired) electrons. The number of aliphatic hydroxyl groups is 1. The van der Waals surface area contributed by atoms with Crippen molar-refractivity contribution in [2.75, 3.05) is 20.3 Å². The van der Waals surface area contributed by atoms with Crippen molar-refractivity contribution in [3.05, 3.63) is 0 Å². The largest absolute Gasteiger partial charge is 0.394 e. The van der Waals surface area contributed by atoms with E-state index in [1.54, 1.807) is 7.11 Å². The van der Waals surface area contributed by atoms with Crippen LogP contribution in [0.25, 0.3) is 0 Å². The van der Waals surface area contributed by atoms with Crippen molar-refractivity contribution < 1.29 is 14.6 Å². The Morgan fingerprint density at radius 3 is 2.62 bits per heavy atom. The Hall–Kier alpha value is -0.610. The highest BCUT2D eigenvalue weighted by Gasteiger charge is 2.32. The fraction of sp³-hybridized carbons (Fsp3) is 0.917. The van der Waals surface area contributed by atoms with E-state index in [4.69, 9.17) is 4.74 Å². The van der Waals surface area contributed by atoms with Gasteiger partial charge in [0.05, 0.1) is 12.1 Å². The van der Waals surface area contributed by atoms with E-state index in [1.165, 1.54) is 6.42 Å². The first-order valence-corrected chi connectivity index (χ1v) is 6.13. The molecule has 0 heterocycles. The molecule has 0 bridgehead atoms. The average Bonchev–Trinajstić information content (AvgIpc) is 2.30. The summed E-state index contributed by atoms with van der Waals surface area (Å²) >= 11 is 0. The first kappa shape index (κ1) is 13.5. The van der Waals surface area contributed by atoms with Crippen molar-refractivity contribution in [3.63, 3.8) is 0 Å². The van der Waals surface area contributed by atoms with Gasteiger partial charge in [-0.3, -0.25) is 4.79 Å². The fourth-order valence-corrected chi connectivity index (χ4v) is 2.29. The number of aliphatic hydroxyl groups excluding tert-OH is 1.